The van der Waals surface area contributed by atoms with Gasteiger partial charge in [-0.25, -0.2) is 0 Å². The van der Waals surface area contributed by atoms with E-state index in [1.54, 1.807) is 0 Å². The van der Waals surface area contributed by atoms with Gasteiger partial charge in [0.2, 0.25) is 11.0 Å². The lowest BCUT2D eigenvalue weighted by atomic mass is 10.1. The van der Waals surface area contributed by atoms with Crippen molar-refractivity contribution < 1.29 is 4.79 Å². The topological polar surface area (TPSA) is 54.9 Å². The number of hydrogen-bond donors (Lipinski definition) is 1. The molecule has 1 N–H and O–H groups in total. The van der Waals surface area contributed by atoms with E-state index in [1.165, 1.54) is 16.9 Å². The summed E-state index contributed by atoms with van der Waals surface area (Å²) in [7, 11) is 0. The van der Waals surface area contributed by atoms with Crippen molar-refractivity contribution >= 4 is 22.4 Å². The number of rotatable bonds is 5. The van der Waals surface area contributed by atoms with E-state index >= 15 is 0 Å². The molecule has 0 aliphatic heterocycles. The van der Waals surface area contributed by atoms with Crippen LogP contribution in [0.5, 0.6) is 0 Å². The number of hydrogen-bond acceptors (Lipinski definition) is 4. The summed E-state index contributed by atoms with van der Waals surface area (Å²) in [6.45, 7) is 3.90. The van der Waals surface area contributed by atoms with E-state index in [4.69, 9.17) is 0 Å². The molecule has 19 heavy (non-hydrogen) atoms. The summed E-state index contributed by atoms with van der Waals surface area (Å²) in [6, 6.07) is 10.1. The SMILES string of the molecule is CC[C@@H](C)C(=O)Nc1nnc(Cc2ccccc2)s1. The van der Waals surface area contributed by atoms with Gasteiger partial charge in [-0.2, -0.15) is 0 Å². The largest absolute Gasteiger partial charge is 0.300 e. The Morgan fingerprint density at radius 2 is 2.05 bits per heavy atom. The highest BCUT2D eigenvalue weighted by Gasteiger charge is 2.13. The minimum Gasteiger partial charge on any atom is -0.300 e. The summed E-state index contributed by atoms with van der Waals surface area (Å²) >= 11 is 1.43. The van der Waals surface area contributed by atoms with Crippen molar-refractivity contribution in [3.8, 4) is 0 Å². The zero-order chi connectivity index (χ0) is 13.7. The Morgan fingerprint density at radius 1 is 1.32 bits per heavy atom. The van der Waals surface area contributed by atoms with E-state index in [-0.39, 0.29) is 11.8 Å². The molecule has 4 nitrogen and oxygen atoms in total. The quantitative estimate of drug-likeness (QED) is 0.912. The second kappa shape index (κ2) is 6.43. The van der Waals surface area contributed by atoms with Crippen molar-refractivity contribution in [2.75, 3.05) is 5.32 Å². The van der Waals surface area contributed by atoms with Crippen LogP contribution in [0.25, 0.3) is 0 Å². The summed E-state index contributed by atoms with van der Waals surface area (Å²) < 4.78 is 0. The number of benzene rings is 1. The molecule has 0 radical (unpaired) electrons. The van der Waals surface area contributed by atoms with Gasteiger partial charge in [0.1, 0.15) is 5.01 Å². The zero-order valence-corrected chi connectivity index (χ0v) is 11.9. The van der Waals surface area contributed by atoms with Crippen LogP contribution in [-0.2, 0) is 11.2 Å². The second-order valence-corrected chi connectivity index (χ2v) is 5.52. The number of carbonyl (C=O) groups is 1. The van der Waals surface area contributed by atoms with Crippen molar-refractivity contribution in [2.24, 2.45) is 5.92 Å². The first kappa shape index (κ1) is 13.7. The van der Waals surface area contributed by atoms with Crippen LogP contribution in [0, 0.1) is 5.92 Å². The van der Waals surface area contributed by atoms with E-state index in [9.17, 15) is 4.79 Å². The third kappa shape index (κ3) is 3.86. The third-order valence-electron chi connectivity index (χ3n) is 2.96. The summed E-state index contributed by atoms with van der Waals surface area (Å²) in [5.41, 5.74) is 1.19. The Morgan fingerprint density at radius 3 is 2.74 bits per heavy atom. The van der Waals surface area contributed by atoms with E-state index in [1.807, 2.05) is 32.0 Å². The molecule has 1 aromatic heterocycles. The fraction of sp³-hybridized carbons (Fsp3) is 0.357. The number of nitrogens with zero attached hydrogens (tertiary/aromatic N) is 2. The van der Waals surface area contributed by atoms with Gasteiger partial charge in [-0.15, -0.1) is 10.2 Å². The van der Waals surface area contributed by atoms with Crippen molar-refractivity contribution in [1.82, 2.24) is 10.2 Å². The standard InChI is InChI=1S/C14H17N3OS/c1-3-10(2)13(18)15-14-17-16-12(19-14)9-11-7-5-4-6-8-11/h4-8,10H,3,9H2,1-2H3,(H,15,17,18)/t10-/m1/s1. The van der Waals surface area contributed by atoms with Gasteiger partial charge < -0.3 is 5.32 Å². The lowest BCUT2D eigenvalue weighted by Gasteiger charge is -2.06. The van der Waals surface area contributed by atoms with E-state index < -0.39 is 0 Å². The highest BCUT2D eigenvalue weighted by atomic mass is 32.1. The van der Waals surface area contributed by atoms with Crippen LogP contribution in [0.2, 0.25) is 0 Å². The Kier molecular flexibility index (Phi) is 4.63. The molecule has 0 saturated carbocycles. The molecular formula is C14H17N3OS. The molecule has 2 aromatic rings. The molecule has 100 valence electrons. The molecule has 2 rings (SSSR count). The minimum atomic E-state index is 0.00136. The molecule has 0 fully saturated rings. The number of nitrogens with one attached hydrogen (secondary N) is 1. The Bertz CT molecular complexity index is 539. The number of carbonyl (C=O) groups excluding carboxylic acids is 1. The monoisotopic (exact) mass is 275 g/mol. The first-order valence-corrected chi connectivity index (χ1v) is 7.18. The summed E-state index contributed by atoms with van der Waals surface area (Å²) in [5, 5.41) is 12.4. The second-order valence-electron chi connectivity index (χ2n) is 4.46. The van der Waals surface area contributed by atoms with Crippen LogP contribution in [0.4, 0.5) is 5.13 Å². The molecular weight excluding hydrogens is 258 g/mol. The van der Waals surface area contributed by atoms with E-state index in [2.05, 4.69) is 27.6 Å². The van der Waals surface area contributed by atoms with Crippen molar-refractivity contribution in [1.29, 1.82) is 0 Å². The van der Waals surface area contributed by atoms with Crippen LogP contribution >= 0.6 is 11.3 Å². The number of aromatic nitrogens is 2. The minimum absolute atomic E-state index is 0.00136. The number of anilines is 1. The third-order valence-corrected chi connectivity index (χ3v) is 3.79. The molecule has 1 heterocycles. The van der Waals surface area contributed by atoms with Crippen LogP contribution in [0.15, 0.2) is 30.3 Å². The predicted molar refractivity (Wildman–Crippen MR) is 77.2 cm³/mol. The molecule has 0 saturated heterocycles. The van der Waals surface area contributed by atoms with Gasteiger partial charge in [0.25, 0.3) is 0 Å². The highest BCUT2D eigenvalue weighted by molar-refractivity contribution is 7.15. The molecule has 1 aromatic carbocycles. The Balaban J connectivity index is 1.98. The van der Waals surface area contributed by atoms with Gasteiger partial charge in [-0.05, 0) is 12.0 Å². The normalized spacial score (nSPS) is 12.1. The lowest BCUT2D eigenvalue weighted by Crippen LogP contribution is -2.19. The maximum Gasteiger partial charge on any atom is 0.229 e. The van der Waals surface area contributed by atoms with Crippen molar-refractivity contribution in [2.45, 2.75) is 26.7 Å². The maximum absolute atomic E-state index is 11.7. The van der Waals surface area contributed by atoms with Crippen molar-refractivity contribution in [3.63, 3.8) is 0 Å². The van der Waals surface area contributed by atoms with Crippen LogP contribution in [0.3, 0.4) is 0 Å². The van der Waals surface area contributed by atoms with Crippen LogP contribution in [-0.4, -0.2) is 16.1 Å². The summed E-state index contributed by atoms with van der Waals surface area (Å²) in [4.78, 5) is 11.7. The maximum atomic E-state index is 11.7. The van der Waals surface area contributed by atoms with E-state index in [0.717, 1.165) is 17.8 Å². The highest BCUT2D eigenvalue weighted by Crippen LogP contribution is 2.19. The van der Waals surface area contributed by atoms with Gasteiger partial charge >= 0.3 is 0 Å². The van der Waals surface area contributed by atoms with Crippen LogP contribution in [0.1, 0.15) is 30.8 Å². The van der Waals surface area contributed by atoms with Gasteiger partial charge in [-0.3, -0.25) is 4.79 Å². The number of amides is 1. The molecule has 0 aliphatic rings. The summed E-state index contributed by atoms with van der Waals surface area (Å²) in [6.07, 6.45) is 1.57. The first-order valence-electron chi connectivity index (χ1n) is 6.36. The van der Waals surface area contributed by atoms with Gasteiger partial charge in [-0.1, -0.05) is 55.5 Å². The fourth-order valence-corrected chi connectivity index (χ4v) is 2.34. The molecule has 0 unspecified atom stereocenters. The first-order chi connectivity index (χ1) is 9.19. The molecule has 5 heteroatoms. The smallest absolute Gasteiger partial charge is 0.229 e. The average Bonchev–Trinajstić information content (AvgIpc) is 2.86. The predicted octanol–water partition coefficient (Wildman–Crippen LogP) is 3.11. The average molecular weight is 275 g/mol. The van der Waals surface area contributed by atoms with Gasteiger partial charge in [0.15, 0.2) is 0 Å². The lowest BCUT2D eigenvalue weighted by molar-refractivity contribution is -0.119. The van der Waals surface area contributed by atoms with Crippen LogP contribution < -0.4 is 5.32 Å². The Labute approximate surface area is 116 Å². The van der Waals surface area contributed by atoms with Crippen molar-refractivity contribution in [3.05, 3.63) is 40.9 Å². The van der Waals surface area contributed by atoms with Gasteiger partial charge in [0.05, 0.1) is 0 Å². The molecule has 0 spiro atoms. The Hall–Kier alpha value is -1.75. The molecule has 1 atom stereocenters. The molecule has 0 aliphatic carbocycles. The fourth-order valence-electron chi connectivity index (χ4n) is 1.56. The molecule has 0 bridgehead atoms. The summed E-state index contributed by atoms with van der Waals surface area (Å²) in [5.74, 6) is 0.00591. The zero-order valence-electron chi connectivity index (χ0n) is 11.1. The molecule has 1 amide bonds. The van der Waals surface area contributed by atoms with Gasteiger partial charge in [0, 0.05) is 12.3 Å². The van der Waals surface area contributed by atoms with E-state index in [0.29, 0.717) is 5.13 Å².